The lowest BCUT2D eigenvalue weighted by atomic mass is 10.5. The molecule has 0 spiro atoms. The molecule has 3 heterocycles. The molecule has 0 saturated carbocycles. The summed E-state index contributed by atoms with van der Waals surface area (Å²) in [6, 6.07) is 0. The second-order valence-corrected chi connectivity index (χ2v) is 10.5. The van der Waals surface area contributed by atoms with E-state index in [1.807, 2.05) is 56.4 Å². The molecule has 0 radical (unpaired) electrons. The van der Waals surface area contributed by atoms with Crippen molar-refractivity contribution in [2.75, 3.05) is 47.7 Å². The van der Waals surface area contributed by atoms with Gasteiger partial charge < -0.3 is 4.74 Å². The summed E-state index contributed by atoms with van der Waals surface area (Å²) in [6.45, 7) is 3.42. The van der Waals surface area contributed by atoms with Gasteiger partial charge >= 0.3 is 0 Å². The van der Waals surface area contributed by atoms with E-state index >= 15 is 0 Å². The maximum Gasteiger partial charge on any atom is 0.0925 e. The molecule has 0 fully saturated rings. The Morgan fingerprint density at radius 2 is 1.19 bits per heavy atom. The summed E-state index contributed by atoms with van der Waals surface area (Å²) in [6.07, 6.45) is 4.14. The van der Waals surface area contributed by atoms with Crippen LogP contribution in [0.15, 0.2) is 12.4 Å². The highest BCUT2D eigenvalue weighted by Crippen LogP contribution is 2.13. The number of rotatable bonds is 0. The largest absolute Gasteiger partial charge is 0.380 e. The van der Waals surface area contributed by atoms with Gasteiger partial charge in [-0.15, -0.1) is 10.2 Å². The fourth-order valence-corrected chi connectivity index (χ4v) is 5.78. The topological polar surface area (TPSA) is 70.7 Å². The fourth-order valence-electron chi connectivity index (χ4n) is 2.36. The van der Waals surface area contributed by atoms with Crippen molar-refractivity contribution in [1.82, 2.24) is 30.0 Å². The minimum Gasteiger partial charge on any atom is -0.380 e. The number of hydrogen-bond donors (Lipinski definition) is 0. The average Bonchev–Trinajstić information content (AvgIpc) is 3.31. The van der Waals surface area contributed by atoms with Crippen LogP contribution in [0.5, 0.6) is 0 Å². The van der Waals surface area contributed by atoms with Gasteiger partial charge in [-0.25, -0.2) is 0 Å². The first kappa shape index (κ1) is 21.4. The third kappa shape index (κ3) is 8.68. The van der Waals surface area contributed by atoms with Crippen molar-refractivity contribution in [2.45, 2.75) is 24.6 Å². The molecule has 0 saturated heterocycles. The summed E-state index contributed by atoms with van der Waals surface area (Å²) in [5.41, 5.74) is 2.11. The van der Waals surface area contributed by atoms with Gasteiger partial charge in [0.1, 0.15) is 0 Å². The molecule has 0 aliphatic carbocycles. The first-order valence-corrected chi connectivity index (χ1v) is 13.7. The lowest BCUT2D eigenvalue weighted by Gasteiger charge is -2.03. The van der Waals surface area contributed by atoms with Crippen molar-refractivity contribution in [3.63, 3.8) is 0 Å². The molecule has 150 valence electrons. The molecule has 27 heavy (non-hydrogen) atoms. The number of aromatic nitrogens is 6. The molecule has 4 bridgehead atoms. The first-order valence-electron chi connectivity index (χ1n) is 9.07. The Labute approximate surface area is 177 Å². The van der Waals surface area contributed by atoms with Crippen molar-refractivity contribution in [1.29, 1.82) is 0 Å². The van der Waals surface area contributed by atoms with Gasteiger partial charge in [0.2, 0.25) is 0 Å². The second kappa shape index (κ2) is 13.0. The minimum absolute atomic E-state index is 0.782. The summed E-state index contributed by atoms with van der Waals surface area (Å²) in [5, 5.41) is 17.0. The molecule has 2 aromatic heterocycles. The summed E-state index contributed by atoms with van der Waals surface area (Å²) in [7, 11) is 0. The number of fused-ring (bicyclic) bond motifs is 4. The van der Waals surface area contributed by atoms with Gasteiger partial charge in [-0.3, -0.25) is 9.36 Å². The summed E-state index contributed by atoms with van der Waals surface area (Å²) in [4.78, 5) is 0. The summed E-state index contributed by atoms with van der Waals surface area (Å²) < 4.78 is 9.62. The van der Waals surface area contributed by atoms with E-state index in [2.05, 4.69) is 33.0 Å². The van der Waals surface area contributed by atoms with E-state index in [-0.39, 0.29) is 0 Å². The van der Waals surface area contributed by atoms with Gasteiger partial charge in [0.15, 0.2) is 0 Å². The number of thioether (sulfide) groups is 4. The molecular formula is C16H26N6OS4. The Kier molecular flexibility index (Phi) is 10.3. The van der Waals surface area contributed by atoms with Gasteiger partial charge in [-0.1, -0.05) is 10.4 Å². The zero-order valence-electron chi connectivity index (χ0n) is 15.4. The van der Waals surface area contributed by atoms with Crippen LogP contribution in [0.2, 0.25) is 0 Å². The van der Waals surface area contributed by atoms with E-state index in [0.717, 1.165) is 72.2 Å². The van der Waals surface area contributed by atoms with Gasteiger partial charge in [-0.05, 0) is 0 Å². The lowest BCUT2D eigenvalue weighted by Crippen LogP contribution is -2.03. The van der Waals surface area contributed by atoms with E-state index in [4.69, 9.17) is 4.74 Å². The Balaban J connectivity index is 1.42. The molecule has 1 aliphatic heterocycles. The van der Waals surface area contributed by atoms with Crippen LogP contribution in [0.4, 0.5) is 0 Å². The molecule has 1 aliphatic rings. The van der Waals surface area contributed by atoms with E-state index in [1.165, 1.54) is 11.5 Å². The number of aryl methyl sites for hydroxylation is 2. The van der Waals surface area contributed by atoms with E-state index in [0.29, 0.717) is 0 Å². The van der Waals surface area contributed by atoms with Crippen LogP contribution in [0.3, 0.4) is 0 Å². The normalized spacial score (nSPS) is 19.6. The maximum atomic E-state index is 5.70. The standard InChI is InChI=1S/C16H26N6OS4/c1-5-24-9-10-25-6-2-22-12-16(18-20-22)14-27-8-4-23-3-7-26-13-15-11-21(1)19-17-15/h11-12H,1-10,13-14H2. The fraction of sp³-hybridized carbons (Fsp3) is 0.750. The van der Waals surface area contributed by atoms with Gasteiger partial charge in [0, 0.05) is 58.4 Å². The van der Waals surface area contributed by atoms with Crippen LogP contribution in [0.1, 0.15) is 11.4 Å². The average molecular weight is 447 g/mol. The first-order chi connectivity index (χ1) is 13.4. The molecule has 2 aromatic rings. The molecule has 0 N–H and O–H groups in total. The highest BCUT2D eigenvalue weighted by molar-refractivity contribution is 8.02. The van der Waals surface area contributed by atoms with Crippen molar-refractivity contribution < 1.29 is 4.74 Å². The quantitative estimate of drug-likeness (QED) is 0.607. The lowest BCUT2D eigenvalue weighted by molar-refractivity contribution is 0.167. The van der Waals surface area contributed by atoms with Crippen molar-refractivity contribution in [3.8, 4) is 0 Å². The van der Waals surface area contributed by atoms with Crippen molar-refractivity contribution >= 4 is 47.0 Å². The highest BCUT2D eigenvalue weighted by atomic mass is 32.2. The van der Waals surface area contributed by atoms with Gasteiger partial charge in [-0.2, -0.15) is 47.0 Å². The molecular weight excluding hydrogens is 420 g/mol. The zero-order valence-corrected chi connectivity index (χ0v) is 18.6. The summed E-state index contributed by atoms with van der Waals surface area (Å²) >= 11 is 7.65. The molecule has 0 atom stereocenters. The van der Waals surface area contributed by atoms with Crippen LogP contribution in [-0.2, 0) is 29.3 Å². The SMILES string of the molecule is c1c2nnn1CCSCCSCCn1cc(nn1)CSCCOCCSC2. The van der Waals surface area contributed by atoms with Gasteiger partial charge in [0.05, 0.1) is 37.7 Å². The number of nitrogens with zero attached hydrogens (tertiary/aromatic N) is 6. The van der Waals surface area contributed by atoms with Crippen LogP contribution < -0.4 is 0 Å². The van der Waals surface area contributed by atoms with E-state index < -0.39 is 0 Å². The van der Waals surface area contributed by atoms with E-state index in [1.54, 1.807) is 0 Å². The minimum atomic E-state index is 0.782. The molecule has 0 amide bonds. The van der Waals surface area contributed by atoms with Crippen LogP contribution in [-0.4, -0.2) is 77.7 Å². The Bertz CT molecular complexity index is 598. The van der Waals surface area contributed by atoms with Gasteiger partial charge in [0.25, 0.3) is 0 Å². The van der Waals surface area contributed by atoms with Crippen LogP contribution >= 0.6 is 47.0 Å². The molecule has 7 nitrogen and oxygen atoms in total. The molecule has 11 heteroatoms. The smallest absolute Gasteiger partial charge is 0.0925 e. The van der Waals surface area contributed by atoms with Crippen LogP contribution in [0.25, 0.3) is 0 Å². The zero-order chi connectivity index (χ0) is 18.6. The predicted octanol–water partition coefficient (Wildman–Crippen LogP) is 2.53. The monoisotopic (exact) mass is 446 g/mol. The molecule has 3 rings (SSSR count). The van der Waals surface area contributed by atoms with Crippen molar-refractivity contribution in [2.24, 2.45) is 0 Å². The Morgan fingerprint density at radius 3 is 1.70 bits per heavy atom. The van der Waals surface area contributed by atoms with Crippen molar-refractivity contribution in [3.05, 3.63) is 23.8 Å². The Morgan fingerprint density at radius 1 is 0.667 bits per heavy atom. The molecule has 0 aromatic carbocycles. The summed E-state index contributed by atoms with van der Waals surface area (Å²) in [5.74, 6) is 8.26. The number of ether oxygens (including phenoxy) is 1. The molecule has 0 unspecified atom stereocenters. The maximum absolute atomic E-state index is 5.70. The number of hydrogen-bond acceptors (Lipinski definition) is 9. The Hall–Kier alpha value is -0.360. The van der Waals surface area contributed by atoms with Crippen LogP contribution in [0, 0.1) is 0 Å². The predicted molar refractivity (Wildman–Crippen MR) is 118 cm³/mol. The van der Waals surface area contributed by atoms with E-state index in [9.17, 15) is 0 Å². The third-order valence-electron chi connectivity index (χ3n) is 3.72. The highest BCUT2D eigenvalue weighted by Gasteiger charge is 2.04. The second-order valence-electron chi connectivity index (χ2n) is 5.89. The third-order valence-corrected chi connectivity index (χ3v) is 7.81.